The van der Waals surface area contributed by atoms with Gasteiger partial charge in [0.15, 0.2) is 5.78 Å². The maximum Gasteiger partial charge on any atom is 0.330 e. The van der Waals surface area contributed by atoms with Crippen molar-refractivity contribution in [2.75, 3.05) is 14.2 Å². The number of Topliss-reactive ketones (excluding diaryl/α,β-unsaturated/α-hetero) is 1. The fourth-order valence-corrected chi connectivity index (χ4v) is 2.06. The van der Waals surface area contributed by atoms with Crippen molar-refractivity contribution in [3.63, 3.8) is 0 Å². The molecular formula is C12H16O5. The first-order valence-electron chi connectivity index (χ1n) is 5.43. The third-order valence-corrected chi connectivity index (χ3v) is 3.04. The average molecular weight is 240 g/mol. The molecule has 0 amide bonds. The van der Waals surface area contributed by atoms with Crippen LogP contribution in [-0.2, 0) is 23.9 Å². The van der Waals surface area contributed by atoms with Crippen molar-refractivity contribution in [3.8, 4) is 0 Å². The Morgan fingerprint density at radius 1 is 1.35 bits per heavy atom. The predicted octanol–water partition coefficient (Wildman–Crippen LogP) is 1.02. The molecule has 0 radical (unpaired) electrons. The van der Waals surface area contributed by atoms with E-state index in [0.29, 0.717) is 19.3 Å². The summed E-state index contributed by atoms with van der Waals surface area (Å²) in [5.74, 6) is -1.14. The number of allylic oxidation sites excluding steroid dienone is 1. The Hall–Kier alpha value is -1.65. The highest BCUT2D eigenvalue weighted by atomic mass is 16.5. The topological polar surface area (TPSA) is 69.7 Å². The Bertz CT molecular complexity index is 358. The van der Waals surface area contributed by atoms with Crippen molar-refractivity contribution < 1.29 is 23.9 Å². The first-order valence-corrected chi connectivity index (χ1v) is 5.43. The molecule has 0 heterocycles. The molecule has 1 aliphatic rings. The van der Waals surface area contributed by atoms with E-state index in [-0.39, 0.29) is 12.2 Å². The van der Waals surface area contributed by atoms with Crippen LogP contribution in [0.5, 0.6) is 0 Å². The fourth-order valence-electron chi connectivity index (χ4n) is 2.06. The quantitative estimate of drug-likeness (QED) is 0.417. The van der Waals surface area contributed by atoms with Gasteiger partial charge in [0.05, 0.1) is 14.2 Å². The molecule has 1 aliphatic carbocycles. The van der Waals surface area contributed by atoms with Gasteiger partial charge in [-0.1, -0.05) is 6.08 Å². The first kappa shape index (κ1) is 13.4. The third kappa shape index (κ3) is 2.72. The maximum atomic E-state index is 11.8. The van der Waals surface area contributed by atoms with Crippen molar-refractivity contribution in [1.82, 2.24) is 0 Å². The van der Waals surface area contributed by atoms with Crippen molar-refractivity contribution in [2.24, 2.45) is 5.41 Å². The highest BCUT2D eigenvalue weighted by molar-refractivity contribution is 6.05. The fraction of sp³-hybridized carbons (Fsp3) is 0.583. The van der Waals surface area contributed by atoms with Crippen molar-refractivity contribution in [3.05, 3.63) is 12.2 Å². The third-order valence-electron chi connectivity index (χ3n) is 3.04. The average Bonchev–Trinajstić information content (AvgIpc) is 2.70. The van der Waals surface area contributed by atoms with Gasteiger partial charge in [0.1, 0.15) is 5.41 Å². The molecule has 0 aromatic rings. The Balaban J connectivity index is 2.79. The van der Waals surface area contributed by atoms with Gasteiger partial charge in [0.25, 0.3) is 0 Å². The van der Waals surface area contributed by atoms with Crippen LogP contribution in [0.4, 0.5) is 0 Å². The lowest BCUT2D eigenvalue weighted by Gasteiger charge is -2.22. The number of methoxy groups -OCH3 is 2. The molecule has 1 rings (SSSR count). The second kappa shape index (κ2) is 5.61. The van der Waals surface area contributed by atoms with Crippen molar-refractivity contribution >= 4 is 17.7 Å². The summed E-state index contributed by atoms with van der Waals surface area (Å²) in [4.78, 5) is 34.4. The zero-order valence-electron chi connectivity index (χ0n) is 10.0. The van der Waals surface area contributed by atoms with E-state index >= 15 is 0 Å². The number of ether oxygens (including phenoxy) is 2. The van der Waals surface area contributed by atoms with Crippen LogP contribution >= 0.6 is 0 Å². The number of hydrogen-bond donors (Lipinski definition) is 0. The van der Waals surface area contributed by atoms with Gasteiger partial charge < -0.3 is 9.47 Å². The number of carbonyl (C=O) groups is 3. The largest absolute Gasteiger partial charge is 0.468 e. The normalized spacial score (nSPS) is 24.0. The number of hydrogen-bond acceptors (Lipinski definition) is 5. The van der Waals surface area contributed by atoms with Crippen LogP contribution in [-0.4, -0.2) is 31.9 Å². The molecule has 0 saturated heterocycles. The van der Waals surface area contributed by atoms with E-state index < -0.39 is 17.4 Å². The van der Waals surface area contributed by atoms with Crippen LogP contribution in [0, 0.1) is 5.41 Å². The molecular weight excluding hydrogens is 224 g/mol. The summed E-state index contributed by atoms with van der Waals surface area (Å²) in [5.41, 5.74) is -1.10. The first-order chi connectivity index (χ1) is 8.06. The van der Waals surface area contributed by atoms with E-state index in [1.165, 1.54) is 26.4 Å². The van der Waals surface area contributed by atoms with Gasteiger partial charge in [0, 0.05) is 12.5 Å². The minimum atomic E-state index is -1.10. The smallest absolute Gasteiger partial charge is 0.330 e. The molecule has 17 heavy (non-hydrogen) atoms. The number of carbonyl (C=O) groups excluding carboxylic acids is 3. The number of rotatable bonds is 4. The molecule has 0 aliphatic heterocycles. The summed E-state index contributed by atoms with van der Waals surface area (Å²) in [6, 6.07) is 0. The number of esters is 2. The van der Waals surface area contributed by atoms with E-state index in [0.717, 1.165) is 0 Å². The second-order valence-electron chi connectivity index (χ2n) is 3.98. The Kier molecular flexibility index (Phi) is 4.43. The lowest BCUT2D eigenvalue weighted by atomic mass is 9.81. The van der Waals surface area contributed by atoms with Crippen molar-refractivity contribution in [2.45, 2.75) is 25.7 Å². The molecule has 0 bridgehead atoms. The zero-order chi connectivity index (χ0) is 12.9. The Labute approximate surface area is 99.8 Å². The summed E-state index contributed by atoms with van der Waals surface area (Å²) in [6.07, 6.45) is 4.45. The van der Waals surface area contributed by atoms with E-state index in [9.17, 15) is 14.4 Å². The molecule has 94 valence electrons. The lowest BCUT2D eigenvalue weighted by molar-refractivity contribution is -0.156. The maximum absolute atomic E-state index is 11.8. The second-order valence-corrected chi connectivity index (χ2v) is 3.98. The van der Waals surface area contributed by atoms with E-state index in [2.05, 4.69) is 9.47 Å². The van der Waals surface area contributed by atoms with Crippen LogP contribution in [0.15, 0.2) is 12.2 Å². The van der Waals surface area contributed by atoms with E-state index in [1.54, 1.807) is 0 Å². The molecule has 5 nitrogen and oxygen atoms in total. The van der Waals surface area contributed by atoms with Gasteiger partial charge in [0.2, 0.25) is 0 Å². The molecule has 0 N–H and O–H groups in total. The minimum absolute atomic E-state index is 0.112. The molecule has 1 unspecified atom stereocenters. The molecule has 1 fully saturated rings. The molecule has 1 atom stereocenters. The van der Waals surface area contributed by atoms with E-state index in [4.69, 9.17) is 0 Å². The Morgan fingerprint density at radius 2 is 2.06 bits per heavy atom. The molecule has 0 aromatic carbocycles. The van der Waals surface area contributed by atoms with Crippen LogP contribution in [0.2, 0.25) is 0 Å². The lowest BCUT2D eigenvalue weighted by Crippen LogP contribution is -2.35. The molecule has 5 heteroatoms. The van der Waals surface area contributed by atoms with Gasteiger partial charge in [-0.2, -0.15) is 0 Å². The van der Waals surface area contributed by atoms with Gasteiger partial charge in [-0.05, 0) is 19.3 Å². The van der Waals surface area contributed by atoms with Crippen molar-refractivity contribution in [1.29, 1.82) is 0 Å². The van der Waals surface area contributed by atoms with Gasteiger partial charge in [-0.3, -0.25) is 9.59 Å². The SMILES string of the molecule is COC(=O)/C=C/CC1(C(=O)OC)CCCC1=O. The van der Waals surface area contributed by atoms with Crippen LogP contribution in [0.3, 0.4) is 0 Å². The minimum Gasteiger partial charge on any atom is -0.468 e. The summed E-state index contributed by atoms with van der Waals surface area (Å²) in [5, 5.41) is 0. The van der Waals surface area contributed by atoms with Crippen LogP contribution in [0.25, 0.3) is 0 Å². The van der Waals surface area contributed by atoms with Gasteiger partial charge in [-0.25, -0.2) is 4.79 Å². The summed E-state index contributed by atoms with van der Waals surface area (Å²) in [7, 11) is 2.53. The standard InChI is InChI=1S/C12H16O5/c1-16-10(14)6-4-8-12(11(15)17-2)7-3-5-9(12)13/h4,6H,3,5,7-8H2,1-2H3/b6-4+. The van der Waals surface area contributed by atoms with E-state index in [1.807, 2.05) is 0 Å². The van der Waals surface area contributed by atoms with Gasteiger partial charge >= 0.3 is 11.9 Å². The summed E-state index contributed by atoms with van der Waals surface area (Å²) < 4.78 is 9.12. The van der Waals surface area contributed by atoms with Crippen LogP contribution < -0.4 is 0 Å². The Morgan fingerprint density at radius 3 is 2.53 bits per heavy atom. The monoisotopic (exact) mass is 240 g/mol. The molecule has 0 aromatic heterocycles. The summed E-state index contributed by atoms with van der Waals surface area (Å²) >= 11 is 0. The number of ketones is 1. The zero-order valence-corrected chi connectivity index (χ0v) is 10.0. The van der Waals surface area contributed by atoms with Gasteiger partial charge in [-0.15, -0.1) is 0 Å². The van der Waals surface area contributed by atoms with Crippen LogP contribution in [0.1, 0.15) is 25.7 Å². The predicted molar refractivity (Wildman–Crippen MR) is 59.1 cm³/mol. The highest BCUT2D eigenvalue weighted by Gasteiger charge is 2.48. The highest BCUT2D eigenvalue weighted by Crippen LogP contribution is 2.39. The summed E-state index contributed by atoms with van der Waals surface area (Å²) in [6.45, 7) is 0. The molecule has 1 saturated carbocycles. The molecule has 0 spiro atoms.